The number of carbonyl (C=O) groups excluding carboxylic acids is 1. The molecule has 0 N–H and O–H groups in total. The number of carbonyl (C=O) groups is 1. The van der Waals surface area contributed by atoms with Crippen LogP contribution >= 0.6 is 11.3 Å². The summed E-state index contributed by atoms with van der Waals surface area (Å²) in [5, 5.41) is 14.6. The molecule has 1 saturated carbocycles. The summed E-state index contributed by atoms with van der Waals surface area (Å²) in [5.74, 6) is -0.662. The molecule has 0 radical (unpaired) electrons. The normalized spacial score (nSPS) is 14.2. The molecular formula is C13H12N2O4S. The van der Waals surface area contributed by atoms with Gasteiger partial charge in [0.25, 0.3) is 5.91 Å². The van der Waals surface area contributed by atoms with Crippen molar-refractivity contribution in [2.75, 3.05) is 0 Å². The Labute approximate surface area is 118 Å². The highest BCUT2D eigenvalue weighted by Crippen LogP contribution is 2.31. The maximum atomic E-state index is 12.4. The van der Waals surface area contributed by atoms with Gasteiger partial charge >= 0.3 is 5.88 Å². The molecule has 3 rings (SSSR count). The van der Waals surface area contributed by atoms with Gasteiger partial charge in [0.1, 0.15) is 4.92 Å². The van der Waals surface area contributed by atoms with Crippen molar-refractivity contribution in [3.05, 3.63) is 50.4 Å². The molecule has 0 aromatic carbocycles. The molecule has 1 aliphatic rings. The number of amides is 1. The third kappa shape index (κ3) is 2.57. The van der Waals surface area contributed by atoms with Gasteiger partial charge in [0.15, 0.2) is 5.76 Å². The first-order chi connectivity index (χ1) is 9.65. The van der Waals surface area contributed by atoms with Crippen molar-refractivity contribution in [3.63, 3.8) is 0 Å². The fourth-order valence-corrected chi connectivity index (χ4v) is 2.67. The Morgan fingerprint density at radius 3 is 2.80 bits per heavy atom. The Balaban J connectivity index is 1.79. The zero-order valence-electron chi connectivity index (χ0n) is 10.5. The van der Waals surface area contributed by atoms with Crippen LogP contribution in [0.3, 0.4) is 0 Å². The van der Waals surface area contributed by atoms with E-state index in [1.807, 2.05) is 16.8 Å². The minimum Gasteiger partial charge on any atom is -0.395 e. The topological polar surface area (TPSA) is 76.6 Å². The third-order valence-corrected chi connectivity index (χ3v) is 3.90. The number of furan rings is 1. The van der Waals surface area contributed by atoms with Gasteiger partial charge in [0.2, 0.25) is 0 Å². The van der Waals surface area contributed by atoms with Crippen molar-refractivity contribution in [2.45, 2.75) is 25.4 Å². The SMILES string of the molecule is O=C(c1ccc([N+](=O)[O-])o1)N(Cc1ccsc1)C1CC1. The van der Waals surface area contributed by atoms with Crippen molar-refractivity contribution < 1.29 is 14.1 Å². The first-order valence-electron chi connectivity index (χ1n) is 6.21. The maximum absolute atomic E-state index is 12.4. The highest BCUT2D eigenvalue weighted by molar-refractivity contribution is 7.07. The minimum absolute atomic E-state index is 0.0267. The summed E-state index contributed by atoms with van der Waals surface area (Å²) < 4.78 is 5.00. The van der Waals surface area contributed by atoms with Crippen molar-refractivity contribution >= 4 is 23.1 Å². The van der Waals surface area contributed by atoms with Crippen molar-refractivity contribution in [1.82, 2.24) is 4.90 Å². The fraction of sp³-hybridized carbons (Fsp3) is 0.308. The molecule has 7 heteroatoms. The van der Waals surface area contributed by atoms with E-state index in [2.05, 4.69) is 0 Å². The molecule has 1 amide bonds. The number of nitrogens with zero attached hydrogens (tertiary/aromatic N) is 2. The second-order valence-electron chi connectivity index (χ2n) is 4.69. The first-order valence-corrected chi connectivity index (χ1v) is 7.15. The van der Waals surface area contributed by atoms with Gasteiger partial charge in [-0.25, -0.2) is 0 Å². The molecule has 0 atom stereocenters. The smallest absolute Gasteiger partial charge is 0.395 e. The average molecular weight is 292 g/mol. The molecule has 0 spiro atoms. The van der Waals surface area contributed by atoms with Crippen molar-refractivity contribution in [2.24, 2.45) is 0 Å². The molecule has 104 valence electrons. The van der Waals surface area contributed by atoms with Gasteiger partial charge in [-0.15, -0.1) is 0 Å². The second kappa shape index (κ2) is 5.09. The average Bonchev–Trinajstić information content (AvgIpc) is 2.95. The Morgan fingerprint density at radius 2 is 2.25 bits per heavy atom. The number of nitro groups is 1. The second-order valence-corrected chi connectivity index (χ2v) is 5.47. The van der Waals surface area contributed by atoms with Crippen LogP contribution in [0.25, 0.3) is 0 Å². The largest absolute Gasteiger partial charge is 0.433 e. The van der Waals surface area contributed by atoms with Crippen LogP contribution in [0, 0.1) is 10.1 Å². The quantitative estimate of drug-likeness (QED) is 0.627. The molecule has 20 heavy (non-hydrogen) atoms. The summed E-state index contributed by atoms with van der Waals surface area (Å²) in [6.07, 6.45) is 1.94. The van der Waals surface area contributed by atoms with Crippen LogP contribution in [-0.2, 0) is 6.54 Å². The molecule has 6 nitrogen and oxygen atoms in total. The molecule has 1 aliphatic carbocycles. The predicted octanol–water partition coefficient (Wildman–Crippen LogP) is 3.05. The molecule has 2 heterocycles. The lowest BCUT2D eigenvalue weighted by Gasteiger charge is -2.20. The van der Waals surface area contributed by atoms with Crippen LogP contribution in [-0.4, -0.2) is 21.8 Å². The van der Waals surface area contributed by atoms with E-state index in [9.17, 15) is 14.9 Å². The van der Waals surface area contributed by atoms with Gasteiger partial charge < -0.3 is 9.32 Å². The highest BCUT2D eigenvalue weighted by atomic mass is 32.1. The van der Waals surface area contributed by atoms with Crippen molar-refractivity contribution in [1.29, 1.82) is 0 Å². The van der Waals surface area contributed by atoms with Crippen LogP contribution in [0.5, 0.6) is 0 Å². The van der Waals surface area contributed by atoms with E-state index in [0.717, 1.165) is 18.4 Å². The van der Waals surface area contributed by atoms with E-state index in [1.165, 1.54) is 12.1 Å². The van der Waals surface area contributed by atoms with Crippen LogP contribution in [0.15, 0.2) is 33.4 Å². The van der Waals surface area contributed by atoms with E-state index in [0.29, 0.717) is 6.54 Å². The maximum Gasteiger partial charge on any atom is 0.433 e. The van der Waals surface area contributed by atoms with Gasteiger partial charge in [0, 0.05) is 12.6 Å². The fourth-order valence-electron chi connectivity index (χ4n) is 2.01. The van der Waals surface area contributed by atoms with Gasteiger partial charge in [-0.2, -0.15) is 11.3 Å². The van der Waals surface area contributed by atoms with Crippen LogP contribution in [0.2, 0.25) is 0 Å². The van der Waals surface area contributed by atoms with Gasteiger partial charge in [-0.1, -0.05) is 0 Å². The third-order valence-electron chi connectivity index (χ3n) is 3.16. The number of thiophene rings is 1. The van der Waals surface area contributed by atoms with E-state index >= 15 is 0 Å². The van der Waals surface area contributed by atoms with E-state index < -0.39 is 10.8 Å². The lowest BCUT2D eigenvalue weighted by molar-refractivity contribution is -0.402. The standard InChI is InChI=1S/C13H12N2O4S/c16-13(11-3-4-12(19-11)15(17)18)14(10-1-2-10)7-9-5-6-20-8-9/h3-6,8,10H,1-2,7H2. The number of rotatable bonds is 5. The molecule has 0 bridgehead atoms. The minimum atomic E-state index is -0.642. The Kier molecular flexibility index (Phi) is 3.27. The molecule has 2 aromatic heterocycles. The van der Waals surface area contributed by atoms with Gasteiger partial charge in [-0.05, 0) is 41.3 Å². The molecule has 0 aliphatic heterocycles. The molecule has 2 aromatic rings. The summed E-state index contributed by atoms with van der Waals surface area (Å²) in [5.41, 5.74) is 1.07. The lowest BCUT2D eigenvalue weighted by atomic mass is 10.3. The molecular weight excluding hydrogens is 280 g/mol. The van der Waals surface area contributed by atoms with Gasteiger partial charge in [0.05, 0.1) is 6.07 Å². The predicted molar refractivity (Wildman–Crippen MR) is 72.6 cm³/mol. The van der Waals surface area contributed by atoms with E-state index in [1.54, 1.807) is 16.2 Å². The highest BCUT2D eigenvalue weighted by Gasteiger charge is 2.34. The Hall–Kier alpha value is -2.15. The van der Waals surface area contributed by atoms with Crippen LogP contribution in [0.4, 0.5) is 5.88 Å². The van der Waals surface area contributed by atoms with Crippen molar-refractivity contribution in [3.8, 4) is 0 Å². The number of hydrogen-bond acceptors (Lipinski definition) is 5. The summed E-state index contributed by atoms with van der Waals surface area (Å²) >= 11 is 1.58. The Bertz CT molecular complexity index is 631. The van der Waals surface area contributed by atoms with Crippen LogP contribution in [0.1, 0.15) is 29.0 Å². The molecule has 0 unspecified atom stereocenters. The zero-order chi connectivity index (χ0) is 14.1. The van der Waals surface area contributed by atoms with Crippen LogP contribution < -0.4 is 0 Å². The van der Waals surface area contributed by atoms with E-state index in [-0.39, 0.29) is 17.7 Å². The Morgan fingerprint density at radius 1 is 1.45 bits per heavy atom. The first kappa shape index (κ1) is 12.9. The lowest BCUT2D eigenvalue weighted by Crippen LogP contribution is -2.32. The van der Waals surface area contributed by atoms with E-state index in [4.69, 9.17) is 4.42 Å². The summed E-state index contributed by atoms with van der Waals surface area (Å²) in [6.45, 7) is 0.515. The number of hydrogen-bond donors (Lipinski definition) is 0. The monoisotopic (exact) mass is 292 g/mol. The summed E-state index contributed by atoms with van der Waals surface area (Å²) in [7, 11) is 0. The molecule has 1 fully saturated rings. The van der Waals surface area contributed by atoms with Gasteiger partial charge in [-0.3, -0.25) is 14.9 Å². The summed E-state index contributed by atoms with van der Waals surface area (Å²) in [4.78, 5) is 24.1. The summed E-state index contributed by atoms with van der Waals surface area (Å²) in [6, 6.07) is 4.76. The molecule has 0 saturated heterocycles. The zero-order valence-corrected chi connectivity index (χ0v) is 11.3.